The Morgan fingerprint density at radius 2 is 2.38 bits per heavy atom. The number of aryl methyl sites for hydroxylation is 1. The third kappa shape index (κ3) is 3.82. The molecule has 3 atom stereocenters. The molecule has 0 bridgehead atoms. The van der Waals surface area contributed by atoms with E-state index in [0.717, 1.165) is 28.8 Å². The summed E-state index contributed by atoms with van der Waals surface area (Å²) in [7, 11) is 0. The molecule has 0 radical (unpaired) electrons. The highest BCUT2D eigenvalue weighted by atomic mass is 32.1. The van der Waals surface area contributed by atoms with Crippen molar-refractivity contribution in [2.75, 3.05) is 19.8 Å². The van der Waals surface area contributed by atoms with Gasteiger partial charge in [-0.25, -0.2) is 0 Å². The van der Waals surface area contributed by atoms with E-state index in [9.17, 15) is 4.79 Å². The van der Waals surface area contributed by atoms with Gasteiger partial charge in [0.2, 0.25) is 0 Å². The van der Waals surface area contributed by atoms with Crippen molar-refractivity contribution in [2.45, 2.75) is 38.5 Å². The Hall–Kier alpha value is -1.76. The van der Waals surface area contributed by atoms with Gasteiger partial charge in [-0.1, -0.05) is 6.07 Å². The lowest BCUT2D eigenvalue weighted by Crippen LogP contribution is -2.51. The van der Waals surface area contributed by atoms with Gasteiger partial charge in [-0.3, -0.25) is 9.78 Å². The van der Waals surface area contributed by atoms with Gasteiger partial charge in [-0.15, -0.1) is 11.3 Å². The maximum Gasteiger partial charge on any atom is 0.264 e. The van der Waals surface area contributed by atoms with Gasteiger partial charge in [0.25, 0.3) is 5.91 Å². The van der Waals surface area contributed by atoms with Crippen molar-refractivity contribution in [3.63, 3.8) is 0 Å². The molecular formula is C20H24N2O3S. The van der Waals surface area contributed by atoms with E-state index in [0.29, 0.717) is 32.3 Å². The summed E-state index contributed by atoms with van der Waals surface area (Å²) in [5.41, 5.74) is 2.24. The van der Waals surface area contributed by atoms with Gasteiger partial charge >= 0.3 is 0 Å². The molecule has 1 amide bonds. The van der Waals surface area contributed by atoms with Crippen LogP contribution >= 0.6 is 11.3 Å². The summed E-state index contributed by atoms with van der Waals surface area (Å²) in [5, 5.41) is 2.04. The Kier molecular flexibility index (Phi) is 5.33. The standard InChI is InChI=1S/C20H24N2O3S/c1-14-7-19(26-13-14)20(23)22-5-6-25-18-9-16(8-17(18)22)12-24-11-15-3-2-4-21-10-15/h2-4,7,10,13,16-18H,5-6,8-9,11-12H2,1H3. The van der Waals surface area contributed by atoms with E-state index in [2.05, 4.69) is 4.98 Å². The number of fused-ring (bicyclic) bond motifs is 1. The molecule has 1 saturated heterocycles. The maximum absolute atomic E-state index is 12.9. The first-order chi connectivity index (χ1) is 12.7. The van der Waals surface area contributed by atoms with E-state index in [1.807, 2.05) is 41.6 Å². The Morgan fingerprint density at radius 1 is 1.46 bits per heavy atom. The molecule has 138 valence electrons. The molecule has 0 aromatic carbocycles. The van der Waals surface area contributed by atoms with E-state index in [1.54, 1.807) is 6.20 Å². The zero-order valence-corrected chi connectivity index (χ0v) is 15.8. The number of hydrogen-bond donors (Lipinski definition) is 0. The number of ether oxygens (including phenoxy) is 2. The summed E-state index contributed by atoms with van der Waals surface area (Å²) in [4.78, 5) is 19.9. The lowest BCUT2D eigenvalue weighted by atomic mass is 10.1. The minimum absolute atomic E-state index is 0.140. The maximum atomic E-state index is 12.9. The fourth-order valence-electron chi connectivity index (χ4n) is 3.95. The van der Waals surface area contributed by atoms with Crippen LogP contribution in [0.5, 0.6) is 0 Å². The van der Waals surface area contributed by atoms with Gasteiger partial charge < -0.3 is 14.4 Å². The Balaban J connectivity index is 1.34. The number of thiophene rings is 1. The molecule has 1 aliphatic carbocycles. The molecule has 3 heterocycles. The van der Waals surface area contributed by atoms with E-state index >= 15 is 0 Å². The van der Waals surface area contributed by atoms with Crippen molar-refractivity contribution in [3.8, 4) is 0 Å². The van der Waals surface area contributed by atoms with Crippen molar-refractivity contribution in [1.82, 2.24) is 9.88 Å². The van der Waals surface area contributed by atoms with Crippen LogP contribution < -0.4 is 0 Å². The second-order valence-electron chi connectivity index (χ2n) is 7.18. The largest absolute Gasteiger partial charge is 0.376 e. The molecule has 3 unspecified atom stereocenters. The third-order valence-electron chi connectivity index (χ3n) is 5.18. The van der Waals surface area contributed by atoms with Crippen LogP contribution in [-0.4, -0.2) is 47.7 Å². The number of hydrogen-bond acceptors (Lipinski definition) is 5. The van der Waals surface area contributed by atoms with Gasteiger partial charge in [0, 0.05) is 18.9 Å². The summed E-state index contributed by atoms with van der Waals surface area (Å²) < 4.78 is 11.9. The number of aromatic nitrogens is 1. The van der Waals surface area contributed by atoms with Crippen LogP contribution in [0.2, 0.25) is 0 Å². The van der Waals surface area contributed by atoms with E-state index in [4.69, 9.17) is 9.47 Å². The average Bonchev–Trinajstić information content (AvgIpc) is 3.27. The first kappa shape index (κ1) is 17.6. The van der Waals surface area contributed by atoms with Crippen molar-refractivity contribution in [1.29, 1.82) is 0 Å². The normalized spacial score (nSPS) is 25.3. The molecule has 4 rings (SSSR count). The summed E-state index contributed by atoms with van der Waals surface area (Å²) in [6.07, 6.45) is 5.66. The summed E-state index contributed by atoms with van der Waals surface area (Å²) in [6.45, 7) is 4.62. The number of carbonyl (C=O) groups is 1. The molecule has 1 saturated carbocycles. The Bertz CT molecular complexity index is 749. The van der Waals surface area contributed by atoms with Crippen molar-refractivity contribution in [3.05, 3.63) is 52.0 Å². The fraction of sp³-hybridized carbons (Fsp3) is 0.500. The van der Waals surface area contributed by atoms with Crippen molar-refractivity contribution >= 4 is 17.2 Å². The van der Waals surface area contributed by atoms with Crippen LogP contribution in [-0.2, 0) is 16.1 Å². The highest BCUT2D eigenvalue weighted by Gasteiger charge is 2.43. The van der Waals surface area contributed by atoms with Crippen molar-refractivity contribution < 1.29 is 14.3 Å². The number of morpholine rings is 1. The topological polar surface area (TPSA) is 51.7 Å². The molecule has 26 heavy (non-hydrogen) atoms. The molecule has 2 aromatic heterocycles. The van der Waals surface area contributed by atoms with Crippen molar-refractivity contribution in [2.24, 2.45) is 5.92 Å². The number of carbonyl (C=O) groups excluding carboxylic acids is 1. The van der Waals surface area contributed by atoms with Gasteiger partial charge in [-0.2, -0.15) is 0 Å². The number of pyridine rings is 1. The molecule has 2 fully saturated rings. The molecule has 0 N–H and O–H groups in total. The molecular weight excluding hydrogens is 348 g/mol. The summed E-state index contributed by atoms with van der Waals surface area (Å²) in [6, 6.07) is 6.10. The van der Waals surface area contributed by atoms with Gasteiger partial charge in [-0.05, 0) is 54.3 Å². The quantitative estimate of drug-likeness (QED) is 0.808. The van der Waals surface area contributed by atoms with Gasteiger partial charge in [0.05, 0.1) is 36.8 Å². The third-order valence-corrected chi connectivity index (χ3v) is 6.22. The minimum atomic E-state index is 0.140. The highest BCUT2D eigenvalue weighted by molar-refractivity contribution is 7.12. The van der Waals surface area contributed by atoms with E-state index in [1.165, 1.54) is 11.3 Å². The van der Waals surface area contributed by atoms with Gasteiger partial charge in [0.1, 0.15) is 0 Å². The second-order valence-corrected chi connectivity index (χ2v) is 8.09. The molecule has 0 spiro atoms. The lowest BCUT2D eigenvalue weighted by Gasteiger charge is -2.37. The highest BCUT2D eigenvalue weighted by Crippen LogP contribution is 2.35. The SMILES string of the molecule is Cc1csc(C(=O)N2CCOC3CC(COCc4cccnc4)CC32)c1. The number of amides is 1. The molecule has 6 heteroatoms. The Labute approximate surface area is 157 Å². The van der Waals surface area contributed by atoms with Crippen LogP contribution in [0.3, 0.4) is 0 Å². The van der Waals surface area contributed by atoms with E-state index < -0.39 is 0 Å². The molecule has 1 aliphatic heterocycles. The smallest absolute Gasteiger partial charge is 0.264 e. The number of rotatable bonds is 5. The average molecular weight is 372 g/mol. The Morgan fingerprint density at radius 3 is 3.15 bits per heavy atom. The first-order valence-corrected chi connectivity index (χ1v) is 10.0. The van der Waals surface area contributed by atoms with E-state index in [-0.39, 0.29) is 18.1 Å². The molecule has 5 nitrogen and oxygen atoms in total. The molecule has 2 aromatic rings. The monoisotopic (exact) mass is 372 g/mol. The fourth-order valence-corrected chi connectivity index (χ4v) is 4.80. The van der Waals surface area contributed by atoms with Crippen LogP contribution in [0.1, 0.15) is 33.6 Å². The lowest BCUT2D eigenvalue weighted by molar-refractivity contribution is -0.0448. The minimum Gasteiger partial charge on any atom is -0.376 e. The zero-order chi connectivity index (χ0) is 17.9. The van der Waals surface area contributed by atoms with Crippen LogP contribution in [0.4, 0.5) is 0 Å². The van der Waals surface area contributed by atoms with Crippen LogP contribution in [0.15, 0.2) is 36.0 Å². The predicted molar refractivity (Wildman–Crippen MR) is 100 cm³/mol. The summed E-state index contributed by atoms with van der Waals surface area (Å²) >= 11 is 1.54. The first-order valence-electron chi connectivity index (χ1n) is 9.15. The van der Waals surface area contributed by atoms with Crippen LogP contribution in [0.25, 0.3) is 0 Å². The van der Waals surface area contributed by atoms with Gasteiger partial charge in [0.15, 0.2) is 0 Å². The zero-order valence-electron chi connectivity index (χ0n) is 15.0. The summed E-state index contributed by atoms with van der Waals surface area (Å²) in [5.74, 6) is 0.582. The molecule has 2 aliphatic rings. The second kappa shape index (κ2) is 7.86. The predicted octanol–water partition coefficient (Wildman–Crippen LogP) is 3.29. The van der Waals surface area contributed by atoms with Crippen LogP contribution in [0, 0.1) is 12.8 Å². The number of nitrogens with zero attached hydrogens (tertiary/aromatic N) is 2.